The summed E-state index contributed by atoms with van der Waals surface area (Å²) in [5.41, 5.74) is 3.03. The lowest BCUT2D eigenvalue weighted by molar-refractivity contribution is -0.118. The van der Waals surface area contributed by atoms with Crippen LogP contribution in [0.2, 0.25) is 0 Å². The summed E-state index contributed by atoms with van der Waals surface area (Å²) in [5, 5.41) is 15.4. The van der Waals surface area contributed by atoms with E-state index in [9.17, 15) is 9.90 Å². The molecule has 1 aliphatic rings. The van der Waals surface area contributed by atoms with E-state index >= 15 is 0 Å². The Bertz CT molecular complexity index is 904. The number of rotatable bonds is 2. The molecule has 0 aliphatic carbocycles. The number of phenols is 1. The molecule has 0 fully saturated rings. The number of carbonyl (C=O) groups excluding carboxylic acids is 1. The number of aromatic hydroxyl groups is 1. The minimum atomic E-state index is -0.164. The molecule has 2 N–H and O–H groups in total. The monoisotopic (exact) mass is 324 g/mol. The Morgan fingerprint density at radius 3 is 2.96 bits per heavy atom. The topological polar surface area (TPSA) is 71.5 Å². The van der Waals surface area contributed by atoms with Gasteiger partial charge in [-0.3, -0.25) is 4.79 Å². The van der Waals surface area contributed by atoms with Gasteiger partial charge in [0.15, 0.2) is 6.61 Å². The van der Waals surface area contributed by atoms with Crippen LogP contribution in [-0.2, 0) is 4.79 Å². The zero-order valence-electron chi connectivity index (χ0n) is 11.9. The van der Waals surface area contributed by atoms with E-state index < -0.39 is 0 Å². The molecule has 2 heterocycles. The zero-order chi connectivity index (χ0) is 15.8. The molecule has 1 aromatic heterocycles. The highest BCUT2D eigenvalue weighted by Crippen LogP contribution is 2.36. The van der Waals surface area contributed by atoms with Crippen LogP contribution in [0.15, 0.2) is 47.8 Å². The van der Waals surface area contributed by atoms with Crippen LogP contribution in [0.5, 0.6) is 11.5 Å². The predicted octanol–water partition coefficient (Wildman–Crippen LogP) is 3.51. The first kappa shape index (κ1) is 13.8. The highest BCUT2D eigenvalue weighted by molar-refractivity contribution is 7.13. The number of benzene rings is 2. The van der Waals surface area contributed by atoms with Crippen molar-refractivity contribution >= 4 is 22.9 Å². The number of amides is 1. The molecule has 0 radical (unpaired) electrons. The number of thiazole rings is 1. The van der Waals surface area contributed by atoms with Gasteiger partial charge in [-0.15, -0.1) is 11.3 Å². The smallest absolute Gasteiger partial charge is 0.262 e. The molecule has 5 nitrogen and oxygen atoms in total. The van der Waals surface area contributed by atoms with Crippen molar-refractivity contribution in [3.05, 3.63) is 47.8 Å². The summed E-state index contributed by atoms with van der Waals surface area (Å²) in [6.07, 6.45) is 0. The minimum Gasteiger partial charge on any atom is -0.507 e. The second-order valence-corrected chi connectivity index (χ2v) is 5.96. The third kappa shape index (κ3) is 2.53. The molecule has 1 amide bonds. The minimum absolute atomic E-state index is 0.0421. The molecule has 1 aliphatic heterocycles. The second-order valence-electron chi connectivity index (χ2n) is 5.10. The molecule has 0 unspecified atom stereocenters. The summed E-state index contributed by atoms with van der Waals surface area (Å²) in [4.78, 5) is 16.0. The summed E-state index contributed by atoms with van der Waals surface area (Å²) >= 11 is 1.46. The van der Waals surface area contributed by atoms with Gasteiger partial charge in [0.1, 0.15) is 16.5 Å². The third-order valence-corrected chi connectivity index (χ3v) is 4.42. The normalized spacial score (nSPS) is 13.1. The Kier molecular flexibility index (Phi) is 3.24. The quantitative estimate of drug-likeness (QED) is 0.756. The molecular weight excluding hydrogens is 312 g/mol. The van der Waals surface area contributed by atoms with Crippen LogP contribution in [0.3, 0.4) is 0 Å². The van der Waals surface area contributed by atoms with E-state index in [2.05, 4.69) is 10.3 Å². The van der Waals surface area contributed by atoms with Crippen molar-refractivity contribution in [3.8, 4) is 33.3 Å². The highest BCUT2D eigenvalue weighted by Gasteiger charge is 2.17. The molecule has 23 heavy (non-hydrogen) atoms. The lowest BCUT2D eigenvalue weighted by Gasteiger charge is -2.18. The number of anilines is 1. The Morgan fingerprint density at radius 2 is 2.09 bits per heavy atom. The molecule has 2 aromatic carbocycles. The van der Waals surface area contributed by atoms with Gasteiger partial charge in [-0.2, -0.15) is 0 Å². The predicted molar refractivity (Wildman–Crippen MR) is 88.8 cm³/mol. The van der Waals surface area contributed by atoms with Gasteiger partial charge in [0.05, 0.1) is 16.9 Å². The van der Waals surface area contributed by atoms with Crippen LogP contribution in [0.1, 0.15) is 0 Å². The molecular formula is C17H12N2O3S. The van der Waals surface area contributed by atoms with E-state index in [1.165, 1.54) is 11.3 Å². The number of ether oxygens (including phenoxy) is 1. The van der Waals surface area contributed by atoms with E-state index in [0.717, 1.165) is 16.3 Å². The van der Waals surface area contributed by atoms with E-state index in [1.54, 1.807) is 12.1 Å². The second kappa shape index (κ2) is 5.40. The van der Waals surface area contributed by atoms with Crippen molar-refractivity contribution in [2.75, 3.05) is 11.9 Å². The first-order valence-electron chi connectivity index (χ1n) is 7.02. The van der Waals surface area contributed by atoms with Crippen LogP contribution >= 0.6 is 11.3 Å². The summed E-state index contributed by atoms with van der Waals surface area (Å²) in [6, 6.07) is 12.7. The van der Waals surface area contributed by atoms with Crippen molar-refractivity contribution < 1.29 is 14.6 Å². The SMILES string of the molecule is O=C1COc2ccc(-c3csc(-c4ccccc4O)n3)cc2N1. The van der Waals surface area contributed by atoms with Gasteiger partial charge in [-0.25, -0.2) is 4.98 Å². The maximum Gasteiger partial charge on any atom is 0.262 e. The van der Waals surface area contributed by atoms with E-state index in [-0.39, 0.29) is 18.3 Å². The van der Waals surface area contributed by atoms with Crippen LogP contribution in [0.4, 0.5) is 5.69 Å². The van der Waals surface area contributed by atoms with E-state index in [0.29, 0.717) is 17.0 Å². The van der Waals surface area contributed by atoms with Gasteiger partial charge in [0, 0.05) is 10.9 Å². The summed E-state index contributed by atoms with van der Waals surface area (Å²) in [6.45, 7) is 0.0421. The molecule has 114 valence electrons. The average molecular weight is 324 g/mol. The average Bonchev–Trinajstić information content (AvgIpc) is 3.04. The number of fused-ring (bicyclic) bond motifs is 1. The Morgan fingerprint density at radius 1 is 1.22 bits per heavy atom. The van der Waals surface area contributed by atoms with Gasteiger partial charge in [-0.1, -0.05) is 12.1 Å². The van der Waals surface area contributed by atoms with Crippen LogP contribution < -0.4 is 10.1 Å². The Balaban J connectivity index is 1.71. The summed E-state index contributed by atoms with van der Waals surface area (Å²) < 4.78 is 5.35. The summed E-state index contributed by atoms with van der Waals surface area (Å²) in [5.74, 6) is 0.701. The largest absolute Gasteiger partial charge is 0.507 e. The van der Waals surface area contributed by atoms with Crippen molar-refractivity contribution in [2.24, 2.45) is 0 Å². The van der Waals surface area contributed by atoms with Crippen molar-refractivity contribution in [1.82, 2.24) is 4.98 Å². The fourth-order valence-corrected chi connectivity index (χ4v) is 3.29. The lowest BCUT2D eigenvalue weighted by atomic mass is 10.1. The number of nitrogens with zero attached hydrogens (tertiary/aromatic N) is 1. The fourth-order valence-electron chi connectivity index (χ4n) is 2.43. The number of phenolic OH excluding ortho intramolecular Hbond substituents is 1. The number of hydrogen-bond acceptors (Lipinski definition) is 5. The molecule has 0 atom stereocenters. The molecule has 6 heteroatoms. The molecule has 4 rings (SSSR count). The van der Waals surface area contributed by atoms with E-state index in [1.807, 2.05) is 35.7 Å². The number of hydrogen-bond donors (Lipinski definition) is 2. The number of nitrogens with one attached hydrogen (secondary N) is 1. The zero-order valence-corrected chi connectivity index (χ0v) is 12.8. The van der Waals surface area contributed by atoms with Gasteiger partial charge >= 0.3 is 0 Å². The van der Waals surface area contributed by atoms with Crippen LogP contribution in [0, 0.1) is 0 Å². The van der Waals surface area contributed by atoms with Gasteiger partial charge in [0.2, 0.25) is 0 Å². The Hall–Kier alpha value is -2.86. The molecule has 3 aromatic rings. The summed E-state index contributed by atoms with van der Waals surface area (Å²) in [7, 11) is 0. The van der Waals surface area contributed by atoms with Gasteiger partial charge in [0.25, 0.3) is 5.91 Å². The molecule has 0 bridgehead atoms. The van der Waals surface area contributed by atoms with Crippen LogP contribution in [-0.4, -0.2) is 22.6 Å². The lowest BCUT2D eigenvalue weighted by Crippen LogP contribution is -2.25. The first-order valence-corrected chi connectivity index (χ1v) is 7.89. The number of aromatic nitrogens is 1. The van der Waals surface area contributed by atoms with Gasteiger partial charge < -0.3 is 15.2 Å². The van der Waals surface area contributed by atoms with Crippen molar-refractivity contribution in [3.63, 3.8) is 0 Å². The van der Waals surface area contributed by atoms with Crippen molar-refractivity contribution in [2.45, 2.75) is 0 Å². The number of para-hydroxylation sites is 1. The number of carbonyl (C=O) groups is 1. The van der Waals surface area contributed by atoms with Crippen LogP contribution in [0.25, 0.3) is 21.8 Å². The van der Waals surface area contributed by atoms with Crippen molar-refractivity contribution in [1.29, 1.82) is 0 Å². The Labute approximate surface area is 136 Å². The molecule has 0 spiro atoms. The first-order chi connectivity index (χ1) is 11.2. The third-order valence-electron chi connectivity index (χ3n) is 3.55. The maximum atomic E-state index is 11.4. The standard InChI is InChI=1S/C17H12N2O3S/c20-14-4-2-1-3-11(14)17-19-13(9-23-17)10-5-6-15-12(7-10)18-16(21)8-22-15/h1-7,9,20H,8H2,(H,18,21). The molecule has 0 saturated carbocycles. The fraction of sp³-hybridized carbons (Fsp3) is 0.0588. The molecule has 0 saturated heterocycles. The van der Waals surface area contributed by atoms with E-state index in [4.69, 9.17) is 4.74 Å². The van der Waals surface area contributed by atoms with Gasteiger partial charge in [-0.05, 0) is 30.3 Å². The maximum absolute atomic E-state index is 11.4. The highest BCUT2D eigenvalue weighted by atomic mass is 32.1.